The standard InChI is InChI=1S/C11H13F3O3S/c1-5-6(11(2,3)4)8(13)10(18-17-16-15)9(14)7(5)12/h15H,1-4H3. The Morgan fingerprint density at radius 3 is 2.06 bits per heavy atom. The average Bonchev–Trinajstić information content (AvgIpc) is 2.24. The summed E-state index contributed by atoms with van der Waals surface area (Å²) in [5, 5.41) is 11.2. The quantitative estimate of drug-likeness (QED) is 0.391. The molecule has 0 heterocycles. The van der Waals surface area contributed by atoms with Crippen LogP contribution in [0.2, 0.25) is 0 Å². The van der Waals surface area contributed by atoms with Gasteiger partial charge in [-0.15, -0.1) is 4.33 Å². The molecule has 1 N–H and O–H groups in total. The smallest absolute Gasteiger partial charge is 0.178 e. The highest BCUT2D eigenvalue weighted by molar-refractivity contribution is 7.94. The van der Waals surface area contributed by atoms with E-state index < -0.39 is 27.8 Å². The Kier molecular flexibility index (Phi) is 4.66. The minimum atomic E-state index is -1.37. The van der Waals surface area contributed by atoms with E-state index in [9.17, 15) is 13.2 Å². The van der Waals surface area contributed by atoms with Crippen molar-refractivity contribution >= 4 is 12.0 Å². The first kappa shape index (κ1) is 15.3. The van der Waals surface area contributed by atoms with Crippen molar-refractivity contribution in [3.8, 4) is 0 Å². The number of hydrogen-bond acceptors (Lipinski definition) is 4. The normalized spacial score (nSPS) is 12.0. The molecule has 0 aliphatic rings. The van der Waals surface area contributed by atoms with Crippen molar-refractivity contribution in [2.45, 2.75) is 38.0 Å². The number of benzene rings is 1. The largest absolute Gasteiger partial charge is 0.220 e. The van der Waals surface area contributed by atoms with Gasteiger partial charge in [-0.25, -0.2) is 18.4 Å². The molecular formula is C11H13F3O3S. The molecule has 0 amide bonds. The lowest BCUT2D eigenvalue weighted by molar-refractivity contribution is -0.432. The highest BCUT2D eigenvalue weighted by atomic mass is 32.2. The summed E-state index contributed by atoms with van der Waals surface area (Å²) in [6.45, 7) is 6.33. The van der Waals surface area contributed by atoms with E-state index in [4.69, 9.17) is 5.26 Å². The molecule has 0 saturated carbocycles. The van der Waals surface area contributed by atoms with E-state index in [1.807, 2.05) is 0 Å². The molecule has 0 bridgehead atoms. The first-order chi connectivity index (χ1) is 8.21. The van der Waals surface area contributed by atoms with Crippen LogP contribution in [0, 0.1) is 24.4 Å². The van der Waals surface area contributed by atoms with Crippen molar-refractivity contribution in [2.24, 2.45) is 0 Å². The molecule has 1 aromatic carbocycles. The Morgan fingerprint density at radius 1 is 1.06 bits per heavy atom. The molecule has 0 aliphatic carbocycles. The summed E-state index contributed by atoms with van der Waals surface area (Å²) in [6.07, 6.45) is 0. The first-order valence-corrected chi connectivity index (χ1v) is 5.78. The monoisotopic (exact) mass is 282 g/mol. The summed E-state index contributed by atoms with van der Waals surface area (Å²) in [6, 6.07) is 0. The second kappa shape index (κ2) is 5.48. The van der Waals surface area contributed by atoms with Gasteiger partial charge in [0.05, 0.1) is 12.0 Å². The van der Waals surface area contributed by atoms with Gasteiger partial charge < -0.3 is 0 Å². The van der Waals surface area contributed by atoms with E-state index in [0.717, 1.165) is 0 Å². The van der Waals surface area contributed by atoms with Gasteiger partial charge in [0.1, 0.15) is 10.7 Å². The van der Waals surface area contributed by atoms with Gasteiger partial charge in [0.25, 0.3) is 0 Å². The van der Waals surface area contributed by atoms with E-state index in [1.54, 1.807) is 20.8 Å². The molecule has 0 saturated heterocycles. The van der Waals surface area contributed by atoms with E-state index >= 15 is 0 Å². The van der Waals surface area contributed by atoms with Crippen LogP contribution in [0.3, 0.4) is 0 Å². The first-order valence-electron chi connectivity index (χ1n) is 5.04. The van der Waals surface area contributed by atoms with Gasteiger partial charge in [0.2, 0.25) is 0 Å². The summed E-state index contributed by atoms with van der Waals surface area (Å²) in [5.41, 5.74) is -0.754. The van der Waals surface area contributed by atoms with Gasteiger partial charge in [-0.3, -0.25) is 0 Å². The SMILES string of the molecule is Cc1c(F)c(F)c(SOOO)c(F)c1C(C)(C)C. The maximum Gasteiger partial charge on any atom is 0.178 e. The Labute approximate surface area is 107 Å². The van der Waals surface area contributed by atoms with E-state index in [1.165, 1.54) is 6.92 Å². The summed E-state index contributed by atoms with van der Waals surface area (Å²) >= 11 is 0.0646. The van der Waals surface area contributed by atoms with Crippen molar-refractivity contribution in [3.63, 3.8) is 0 Å². The van der Waals surface area contributed by atoms with Crippen LogP contribution in [0.4, 0.5) is 13.2 Å². The topological polar surface area (TPSA) is 38.7 Å². The van der Waals surface area contributed by atoms with E-state index in [0.29, 0.717) is 0 Å². The lowest BCUT2D eigenvalue weighted by Crippen LogP contribution is -2.18. The fourth-order valence-corrected chi connectivity index (χ4v) is 2.20. The molecule has 0 unspecified atom stereocenters. The second-order valence-corrected chi connectivity index (χ2v) is 5.46. The van der Waals surface area contributed by atoms with Crippen LogP contribution in [-0.2, 0) is 14.8 Å². The fourth-order valence-electron chi connectivity index (χ4n) is 1.76. The van der Waals surface area contributed by atoms with Gasteiger partial charge >= 0.3 is 0 Å². The molecular weight excluding hydrogens is 269 g/mol. The van der Waals surface area contributed by atoms with Crippen molar-refractivity contribution in [1.82, 2.24) is 0 Å². The van der Waals surface area contributed by atoms with Crippen LogP contribution >= 0.6 is 12.0 Å². The van der Waals surface area contributed by atoms with Crippen LogP contribution < -0.4 is 0 Å². The molecule has 0 fully saturated rings. The Balaban J connectivity index is 3.50. The zero-order chi connectivity index (χ0) is 14.1. The Bertz CT molecular complexity index is 458. The molecule has 0 aromatic heterocycles. The molecule has 0 atom stereocenters. The zero-order valence-electron chi connectivity index (χ0n) is 10.3. The van der Waals surface area contributed by atoms with Crippen LogP contribution in [-0.4, -0.2) is 5.26 Å². The van der Waals surface area contributed by atoms with Crippen LogP contribution in [0.15, 0.2) is 4.90 Å². The van der Waals surface area contributed by atoms with Gasteiger partial charge in [-0.05, 0) is 17.9 Å². The maximum atomic E-state index is 14.1. The summed E-state index contributed by atoms with van der Waals surface area (Å²) in [5.74, 6) is -3.45. The maximum absolute atomic E-state index is 14.1. The van der Waals surface area contributed by atoms with Gasteiger partial charge in [0, 0.05) is 5.56 Å². The molecule has 1 aromatic rings. The Hall–Kier alpha value is -0.760. The molecule has 0 aliphatic heterocycles. The third kappa shape index (κ3) is 2.80. The number of rotatable bonds is 3. The molecule has 18 heavy (non-hydrogen) atoms. The second-order valence-electron chi connectivity index (χ2n) is 4.75. The minimum absolute atomic E-state index is 0.0467. The third-order valence-corrected chi connectivity index (χ3v) is 3.07. The van der Waals surface area contributed by atoms with Gasteiger partial charge in [0.15, 0.2) is 11.6 Å². The average molecular weight is 282 g/mol. The van der Waals surface area contributed by atoms with Crippen LogP contribution in [0.25, 0.3) is 0 Å². The fraction of sp³-hybridized carbons (Fsp3) is 0.455. The molecule has 102 valence electrons. The zero-order valence-corrected chi connectivity index (χ0v) is 11.1. The van der Waals surface area contributed by atoms with E-state index in [2.05, 4.69) is 9.37 Å². The van der Waals surface area contributed by atoms with E-state index in [-0.39, 0.29) is 23.2 Å². The van der Waals surface area contributed by atoms with Crippen LogP contribution in [0.5, 0.6) is 0 Å². The molecule has 0 radical (unpaired) electrons. The Morgan fingerprint density at radius 2 is 1.61 bits per heavy atom. The minimum Gasteiger partial charge on any atom is -0.220 e. The lowest BCUT2D eigenvalue weighted by atomic mass is 9.83. The summed E-state index contributed by atoms with van der Waals surface area (Å²) in [7, 11) is 0. The highest BCUT2D eigenvalue weighted by Crippen LogP contribution is 2.37. The molecule has 7 heteroatoms. The predicted molar refractivity (Wildman–Crippen MR) is 60.4 cm³/mol. The van der Waals surface area contributed by atoms with Gasteiger partial charge in [-0.1, -0.05) is 25.8 Å². The summed E-state index contributed by atoms with van der Waals surface area (Å²) in [4.78, 5) is -0.697. The lowest BCUT2D eigenvalue weighted by Gasteiger charge is -2.24. The number of halogens is 3. The van der Waals surface area contributed by atoms with Gasteiger partial charge in [-0.2, -0.15) is 0 Å². The predicted octanol–water partition coefficient (Wildman–Crippen LogP) is 4.14. The third-order valence-electron chi connectivity index (χ3n) is 2.41. The van der Waals surface area contributed by atoms with Crippen molar-refractivity contribution in [1.29, 1.82) is 0 Å². The molecule has 1 rings (SSSR count). The molecule has 0 spiro atoms. The highest BCUT2D eigenvalue weighted by Gasteiger charge is 2.30. The van der Waals surface area contributed by atoms with Crippen molar-refractivity contribution in [2.75, 3.05) is 0 Å². The van der Waals surface area contributed by atoms with Crippen molar-refractivity contribution in [3.05, 3.63) is 28.6 Å². The van der Waals surface area contributed by atoms with Crippen molar-refractivity contribution < 1.29 is 27.8 Å². The summed E-state index contributed by atoms with van der Waals surface area (Å²) < 4.78 is 45.4. The molecule has 3 nitrogen and oxygen atoms in total. The van der Waals surface area contributed by atoms with Crippen LogP contribution in [0.1, 0.15) is 31.9 Å². The number of hydrogen-bond donors (Lipinski definition) is 1.